The number of benzene rings is 6. The van der Waals surface area contributed by atoms with Gasteiger partial charge in [0.05, 0.1) is 22.4 Å². The molecule has 3 heterocycles. The summed E-state index contributed by atoms with van der Waals surface area (Å²) in [5, 5.41) is 4.62. The van der Waals surface area contributed by atoms with E-state index < -0.39 is 0 Å². The Morgan fingerprint density at radius 1 is 0.409 bits per heavy atom. The highest BCUT2D eigenvalue weighted by molar-refractivity contribution is 6.10. The number of nitrogens with zero attached hydrogens (tertiary/aromatic N) is 3. The van der Waals surface area contributed by atoms with Crippen molar-refractivity contribution in [2.24, 2.45) is 0 Å². The second-order valence-electron chi connectivity index (χ2n) is 11.1. The molecule has 0 unspecified atom stereocenters. The number of aromatic nitrogens is 3. The quantitative estimate of drug-likeness (QED) is 0.214. The molecule has 0 atom stereocenters. The zero-order valence-corrected chi connectivity index (χ0v) is 23.7. The van der Waals surface area contributed by atoms with E-state index in [2.05, 4.69) is 120 Å². The fourth-order valence-electron chi connectivity index (χ4n) is 6.33. The average Bonchev–Trinajstić information content (AvgIpc) is 3.63. The van der Waals surface area contributed by atoms with Gasteiger partial charge in [0.1, 0.15) is 11.2 Å². The van der Waals surface area contributed by atoms with Gasteiger partial charge in [-0.15, -0.1) is 0 Å². The van der Waals surface area contributed by atoms with Gasteiger partial charge in [-0.1, -0.05) is 97.1 Å². The molecule has 0 amide bonds. The maximum Gasteiger partial charge on any atom is 0.160 e. The second kappa shape index (κ2) is 9.79. The third-order valence-corrected chi connectivity index (χ3v) is 8.42. The first-order chi connectivity index (χ1) is 21.8. The van der Waals surface area contributed by atoms with E-state index in [0.717, 1.165) is 55.7 Å². The predicted molar refractivity (Wildman–Crippen MR) is 180 cm³/mol. The minimum Gasteiger partial charge on any atom is -0.456 e. The molecule has 9 aromatic rings. The second-order valence-corrected chi connectivity index (χ2v) is 11.1. The van der Waals surface area contributed by atoms with E-state index in [1.165, 1.54) is 21.8 Å². The summed E-state index contributed by atoms with van der Waals surface area (Å²) < 4.78 is 8.77. The molecule has 0 N–H and O–H groups in total. The number of hydrogen-bond donors (Lipinski definition) is 0. The Balaban J connectivity index is 1.20. The van der Waals surface area contributed by atoms with E-state index in [0.29, 0.717) is 5.82 Å². The molecule has 4 heteroatoms. The molecule has 0 saturated heterocycles. The lowest BCUT2D eigenvalue weighted by molar-refractivity contribution is 0.668. The van der Waals surface area contributed by atoms with E-state index in [-0.39, 0.29) is 0 Å². The van der Waals surface area contributed by atoms with Crippen LogP contribution in [0, 0.1) is 0 Å². The first kappa shape index (κ1) is 24.6. The van der Waals surface area contributed by atoms with Crippen LogP contribution in [-0.2, 0) is 0 Å². The van der Waals surface area contributed by atoms with Crippen molar-refractivity contribution in [3.05, 3.63) is 152 Å². The molecule has 6 aromatic carbocycles. The summed E-state index contributed by atoms with van der Waals surface area (Å²) in [6, 6.07) is 52.5. The third-order valence-electron chi connectivity index (χ3n) is 8.42. The Kier molecular flexibility index (Phi) is 5.47. The summed E-state index contributed by atoms with van der Waals surface area (Å²) in [4.78, 5) is 9.98. The van der Waals surface area contributed by atoms with E-state index in [1.54, 1.807) is 0 Å². The molecule has 0 spiro atoms. The van der Waals surface area contributed by atoms with Crippen LogP contribution < -0.4 is 0 Å². The predicted octanol–water partition coefficient (Wildman–Crippen LogP) is 10.5. The summed E-state index contributed by atoms with van der Waals surface area (Å²) in [6.45, 7) is 0. The van der Waals surface area contributed by atoms with Crippen LogP contribution in [0.1, 0.15) is 0 Å². The van der Waals surface area contributed by atoms with Crippen molar-refractivity contribution in [3.63, 3.8) is 0 Å². The lowest BCUT2D eigenvalue weighted by atomic mass is 10.0. The van der Waals surface area contributed by atoms with Crippen molar-refractivity contribution in [1.82, 2.24) is 14.5 Å². The average molecular weight is 564 g/mol. The number of furan rings is 1. The summed E-state index contributed by atoms with van der Waals surface area (Å²) in [5.74, 6) is 0.704. The van der Waals surface area contributed by atoms with Gasteiger partial charge in [0, 0.05) is 50.0 Å². The van der Waals surface area contributed by atoms with Crippen LogP contribution in [0.4, 0.5) is 0 Å². The van der Waals surface area contributed by atoms with Gasteiger partial charge in [0.2, 0.25) is 0 Å². The van der Waals surface area contributed by atoms with Crippen molar-refractivity contribution in [3.8, 4) is 39.6 Å². The van der Waals surface area contributed by atoms with Gasteiger partial charge in [0.25, 0.3) is 0 Å². The van der Waals surface area contributed by atoms with Crippen LogP contribution in [0.5, 0.6) is 0 Å². The van der Waals surface area contributed by atoms with Crippen LogP contribution in [0.15, 0.2) is 156 Å². The molecule has 0 fully saturated rings. The van der Waals surface area contributed by atoms with Crippen LogP contribution in [0.3, 0.4) is 0 Å². The molecule has 0 aliphatic heterocycles. The normalized spacial score (nSPS) is 11.6. The molecule has 0 aliphatic carbocycles. The molecule has 206 valence electrons. The lowest BCUT2D eigenvalue weighted by Gasteiger charge is -2.09. The smallest absolute Gasteiger partial charge is 0.160 e. The van der Waals surface area contributed by atoms with Crippen LogP contribution in [-0.4, -0.2) is 14.5 Å². The van der Waals surface area contributed by atoms with E-state index in [4.69, 9.17) is 14.4 Å². The molecule has 3 aromatic heterocycles. The summed E-state index contributed by atoms with van der Waals surface area (Å²) in [7, 11) is 0. The van der Waals surface area contributed by atoms with Gasteiger partial charge in [0.15, 0.2) is 5.82 Å². The topological polar surface area (TPSA) is 43.9 Å². The molecule has 9 rings (SSSR count). The maximum absolute atomic E-state index is 6.45. The number of rotatable bonds is 4. The third kappa shape index (κ3) is 3.92. The summed E-state index contributed by atoms with van der Waals surface area (Å²) in [6.07, 6.45) is 0. The number of fused-ring (bicyclic) bond motifs is 6. The Morgan fingerprint density at radius 2 is 1.02 bits per heavy atom. The Hall–Kier alpha value is -6.00. The number of hydrogen-bond acceptors (Lipinski definition) is 3. The maximum atomic E-state index is 6.45. The minimum atomic E-state index is 0.704. The first-order valence-electron chi connectivity index (χ1n) is 14.8. The van der Waals surface area contributed by atoms with E-state index >= 15 is 0 Å². The monoisotopic (exact) mass is 563 g/mol. The molecule has 0 saturated carbocycles. The molecule has 0 bridgehead atoms. The van der Waals surface area contributed by atoms with Crippen molar-refractivity contribution in [2.45, 2.75) is 0 Å². The Bertz CT molecular complexity index is 2380. The summed E-state index contributed by atoms with van der Waals surface area (Å²) in [5.41, 5.74) is 9.96. The van der Waals surface area contributed by atoms with Gasteiger partial charge in [-0.3, -0.25) is 0 Å². The van der Waals surface area contributed by atoms with E-state index in [9.17, 15) is 0 Å². The van der Waals surface area contributed by atoms with Gasteiger partial charge in [-0.2, -0.15) is 0 Å². The van der Waals surface area contributed by atoms with Crippen molar-refractivity contribution in [1.29, 1.82) is 0 Å². The van der Waals surface area contributed by atoms with Crippen molar-refractivity contribution in [2.75, 3.05) is 0 Å². The van der Waals surface area contributed by atoms with Crippen LogP contribution >= 0.6 is 0 Å². The zero-order valence-electron chi connectivity index (χ0n) is 23.7. The highest BCUT2D eigenvalue weighted by Crippen LogP contribution is 2.37. The Labute approximate surface area is 253 Å². The molecule has 0 aliphatic rings. The van der Waals surface area contributed by atoms with E-state index in [1.807, 2.05) is 36.4 Å². The van der Waals surface area contributed by atoms with Gasteiger partial charge in [-0.05, 0) is 48.5 Å². The largest absolute Gasteiger partial charge is 0.456 e. The highest BCUT2D eigenvalue weighted by Gasteiger charge is 2.16. The molecule has 44 heavy (non-hydrogen) atoms. The van der Waals surface area contributed by atoms with Crippen molar-refractivity contribution < 1.29 is 4.42 Å². The zero-order chi connectivity index (χ0) is 29.0. The fourth-order valence-corrected chi connectivity index (χ4v) is 6.33. The molecule has 0 radical (unpaired) electrons. The van der Waals surface area contributed by atoms with Crippen LogP contribution in [0.25, 0.3) is 83.3 Å². The van der Waals surface area contributed by atoms with Gasteiger partial charge >= 0.3 is 0 Å². The summed E-state index contributed by atoms with van der Waals surface area (Å²) >= 11 is 0. The van der Waals surface area contributed by atoms with Crippen molar-refractivity contribution >= 4 is 43.7 Å². The first-order valence-corrected chi connectivity index (χ1v) is 14.8. The van der Waals surface area contributed by atoms with Gasteiger partial charge in [-0.25, -0.2) is 9.97 Å². The number of para-hydroxylation sites is 2. The lowest BCUT2D eigenvalue weighted by Crippen LogP contribution is -1.95. The fraction of sp³-hybridized carbons (Fsp3) is 0. The minimum absolute atomic E-state index is 0.704. The Morgan fingerprint density at radius 3 is 1.73 bits per heavy atom. The standard InChI is InChI=1S/C40H25N3O/c1-3-11-26(12-4-1)34-25-35(42-40(41-34)27-13-5-2-6-14-27)28-19-22-38-33(23-28)32-21-20-29(24-39(32)44-38)43-36-17-9-7-15-30(36)31-16-8-10-18-37(31)43/h1-25H. The van der Waals surface area contributed by atoms with Crippen LogP contribution in [0.2, 0.25) is 0 Å². The highest BCUT2D eigenvalue weighted by atomic mass is 16.3. The molecular formula is C40H25N3O. The SMILES string of the molecule is c1ccc(-c2cc(-c3ccc4oc5cc(-n6c7ccccc7c7ccccc76)ccc5c4c3)nc(-c3ccccc3)n2)cc1. The molecular weight excluding hydrogens is 538 g/mol. The van der Waals surface area contributed by atoms with Gasteiger partial charge < -0.3 is 8.98 Å². The molecule has 4 nitrogen and oxygen atoms in total.